The molecule has 1 aromatic carbocycles. The maximum absolute atomic E-state index is 13.2. The molecule has 2 amide bonds. The maximum atomic E-state index is 13.2. The molecule has 2 saturated heterocycles. The molecule has 0 aliphatic carbocycles. The predicted octanol–water partition coefficient (Wildman–Crippen LogP) is 4.46. The van der Waals surface area contributed by atoms with E-state index in [0.717, 1.165) is 17.5 Å². The highest BCUT2D eigenvalue weighted by molar-refractivity contribution is 5.99. The number of hydrogen-bond acceptors (Lipinski definition) is 7. The number of nitrogens with zero attached hydrogens (tertiary/aromatic N) is 6. The largest absolute Gasteiger partial charge is 0.408 e. The standard InChI is InChI=1S/C25H23F3N8O2/c26-25(27,28)14-36-23-20(11-30-36)22(35-12-18-7-8-19(13-35)38-18)33-21(34-23)15-3-5-16(6-4-15)31-24(37)32-17-2-1-9-29-10-17/h1-6,9-11,18-19H,7-8,12-14H2,(H2,31,32,37). The summed E-state index contributed by atoms with van der Waals surface area (Å²) in [6.07, 6.45) is 2.09. The van der Waals surface area contributed by atoms with Crippen LogP contribution in [0.25, 0.3) is 22.4 Å². The minimum Gasteiger partial charge on any atom is -0.371 e. The van der Waals surface area contributed by atoms with E-state index in [2.05, 4.69) is 30.6 Å². The molecular formula is C25H23F3N8O2. The first-order valence-corrected chi connectivity index (χ1v) is 12.1. The van der Waals surface area contributed by atoms with Crippen molar-refractivity contribution in [2.24, 2.45) is 0 Å². The van der Waals surface area contributed by atoms with Crippen molar-refractivity contribution in [3.63, 3.8) is 0 Å². The van der Waals surface area contributed by atoms with Gasteiger partial charge in [-0.25, -0.2) is 19.4 Å². The van der Waals surface area contributed by atoms with Gasteiger partial charge in [-0.3, -0.25) is 4.98 Å². The van der Waals surface area contributed by atoms with Crippen LogP contribution in [-0.2, 0) is 11.3 Å². The fourth-order valence-corrected chi connectivity index (χ4v) is 4.82. The number of anilines is 3. The van der Waals surface area contributed by atoms with E-state index in [0.29, 0.717) is 41.2 Å². The Balaban J connectivity index is 1.30. The van der Waals surface area contributed by atoms with Gasteiger partial charge in [-0.1, -0.05) is 0 Å². The van der Waals surface area contributed by atoms with Crippen LogP contribution in [0, 0.1) is 0 Å². The van der Waals surface area contributed by atoms with Crippen molar-refractivity contribution in [1.82, 2.24) is 24.7 Å². The molecule has 38 heavy (non-hydrogen) atoms. The number of halogens is 3. The van der Waals surface area contributed by atoms with Gasteiger partial charge in [0, 0.05) is 30.5 Å². The van der Waals surface area contributed by atoms with Gasteiger partial charge in [0.05, 0.1) is 35.7 Å². The average Bonchev–Trinajstić information content (AvgIpc) is 3.45. The number of fused-ring (bicyclic) bond motifs is 3. The molecule has 2 aliphatic heterocycles. The minimum atomic E-state index is -4.45. The number of pyridine rings is 1. The second kappa shape index (κ2) is 9.56. The fraction of sp³-hybridized carbons (Fsp3) is 0.320. The highest BCUT2D eigenvalue weighted by Crippen LogP contribution is 2.34. The first-order chi connectivity index (χ1) is 18.3. The van der Waals surface area contributed by atoms with Gasteiger partial charge in [0.2, 0.25) is 0 Å². The number of morpholine rings is 1. The van der Waals surface area contributed by atoms with Crippen LogP contribution in [0.4, 0.5) is 35.2 Å². The third-order valence-electron chi connectivity index (χ3n) is 6.47. The summed E-state index contributed by atoms with van der Waals surface area (Å²) in [5.74, 6) is 0.804. The number of rotatable bonds is 5. The van der Waals surface area contributed by atoms with E-state index in [1.165, 1.54) is 12.4 Å². The Morgan fingerprint density at radius 2 is 1.74 bits per heavy atom. The molecular weight excluding hydrogens is 501 g/mol. The van der Waals surface area contributed by atoms with Crippen molar-refractivity contribution in [3.05, 3.63) is 55.0 Å². The number of hydrogen-bond donors (Lipinski definition) is 2. The van der Waals surface area contributed by atoms with Gasteiger partial charge in [0.25, 0.3) is 0 Å². The lowest BCUT2D eigenvalue weighted by atomic mass is 10.2. The first kappa shape index (κ1) is 24.1. The zero-order valence-corrected chi connectivity index (χ0v) is 20.0. The second-order valence-electron chi connectivity index (χ2n) is 9.29. The third kappa shape index (κ3) is 5.09. The Morgan fingerprint density at radius 3 is 2.42 bits per heavy atom. The second-order valence-corrected chi connectivity index (χ2v) is 9.29. The SMILES string of the molecule is O=C(Nc1ccc(-c2nc(N3CC4CCC(C3)O4)c3cnn(CC(F)(F)F)c3n2)cc1)Nc1cccnc1. The van der Waals surface area contributed by atoms with Crippen molar-refractivity contribution in [1.29, 1.82) is 0 Å². The van der Waals surface area contributed by atoms with E-state index in [-0.39, 0.29) is 23.7 Å². The van der Waals surface area contributed by atoms with Gasteiger partial charge in [-0.2, -0.15) is 18.3 Å². The average molecular weight is 525 g/mol. The van der Waals surface area contributed by atoms with E-state index in [1.54, 1.807) is 42.6 Å². The van der Waals surface area contributed by atoms with Crippen LogP contribution in [-0.4, -0.2) is 62.2 Å². The fourth-order valence-electron chi connectivity index (χ4n) is 4.82. The molecule has 0 spiro atoms. The van der Waals surface area contributed by atoms with Crippen molar-refractivity contribution in [2.75, 3.05) is 28.6 Å². The van der Waals surface area contributed by atoms with Crippen molar-refractivity contribution < 1.29 is 22.7 Å². The van der Waals surface area contributed by atoms with E-state index in [1.807, 2.05) is 0 Å². The Bertz CT molecular complexity index is 1450. The molecule has 0 saturated carbocycles. The first-order valence-electron chi connectivity index (χ1n) is 12.1. The number of amides is 2. The van der Waals surface area contributed by atoms with E-state index < -0.39 is 18.8 Å². The molecule has 5 heterocycles. The van der Waals surface area contributed by atoms with E-state index in [9.17, 15) is 18.0 Å². The quantitative estimate of drug-likeness (QED) is 0.397. The summed E-state index contributed by atoms with van der Waals surface area (Å²) in [6.45, 7) is -0.0571. The summed E-state index contributed by atoms with van der Waals surface area (Å²) in [5, 5.41) is 9.86. The third-order valence-corrected chi connectivity index (χ3v) is 6.47. The van der Waals surface area contributed by atoms with Crippen molar-refractivity contribution in [3.8, 4) is 11.4 Å². The normalized spacial score (nSPS) is 19.1. The molecule has 10 nitrogen and oxygen atoms in total. The number of aromatic nitrogens is 5. The van der Waals surface area contributed by atoms with Crippen LogP contribution in [0.2, 0.25) is 0 Å². The number of ether oxygens (including phenoxy) is 1. The summed E-state index contributed by atoms with van der Waals surface area (Å²) >= 11 is 0. The Hall–Kier alpha value is -4.26. The van der Waals surface area contributed by atoms with Crippen LogP contribution >= 0.6 is 0 Å². The monoisotopic (exact) mass is 524 g/mol. The number of urea groups is 1. The summed E-state index contributed by atoms with van der Waals surface area (Å²) in [5.41, 5.74) is 1.76. The number of carbonyl (C=O) groups is 1. The summed E-state index contributed by atoms with van der Waals surface area (Å²) in [4.78, 5) is 27.5. The Kier molecular flexibility index (Phi) is 6.06. The lowest BCUT2D eigenvalue weighted by Crippen LogP contribution is -2.43. The van der Waals surface area contributed by atoms with Crippen LogP contribution in [0.3, 0.4) is 0 Å². The van der Waals surface area contributed by atoms with E-state index >= 15 is 0 Å². The lowest BCUT2D eigenvalue weighted by Gasteiger charge is -2.33. The molecule has 13 heteroatoms. The molecule has 2 N–H and O–H groups in total. The minimum absolute atomic E-state index is 0.0654. The molecule has 2 aliphatic rings. The Morgan fingerprint density at radius 1 is 1.00 bits per heavy atom. The van der Waals surface area contributed by atoms with Gasteiger partial charge in [-0.15, -0.1) is 0 Å². The lowest BCUT2D eigenvalue weighted by molar-refractivity contribution is -0.141. The molecule has 2 unspecified atom stereocenters. The molecule has 6 rings (SSSR count). The number of benzene rings is 1. The summed E-state index contributed by atoms with van der Waals surface area (Å²) in [7, 11) is 0. The molecule has 2 bridgehead atoms. The summed E-state index contributed by atoms with van der Waals surface area (Å²) < 4.78 is 46.5. The van der Waals surface area contributed by atoms with Gasteiger partial charge < -0.3 is 20.3 Å². The van der Waals surface area contributed by atoms with Gasteiger partial charge in [0.15, 0.2) is 11.5 Å². The summed E-state index contributed by atoms with van der Waals surface area (Å²) in [6, 6.07) is 9.74. The zero-order valence-electron chi connectivity index (χ0n) is 20.0. The van der Waals surface area contributed by atoms with Gasteiger partial charge in [0.1, 0.15) is 12.4 Å². The van der Waals surface area contributed by atoms with Crippen LogP contribution in [0.1, 0.15) is 12.8 Å². The molecule has 2 fully saturated rings. The maximum Gasteiger partial charge on any atom is 0.408 e. The molecule has 3 aromatic heterocycles. The van der Waals surface area contributed by atoms with Gasteiger partial charge in [-0.05, 0) is 49.2 Å². The number of carbonyl (C=O) groups excluding carboxylic acids is 1. The molecule has 2 atom stereocenters. The zero-order chi connectivity index (χ0) is 26.3. The van der Waals surface area contributed by atoms with Gasteiger partial charge >= 0.3 is 12.2 Å². The van der Waals surface area contributed by atoms with Crippen LogP contribution < -0.4 is 15.5 Å². The molecule has 0 radical (unpaired) electrons. The van der Waals surface area contributed by atoms with Crippen molar-refractivity contribution >= 4 is 34.3 Å². The predicted molar refractivity (Wildman–Crippen MR) is 134 cm³/mol. The number of alkyl halides is 3. The van der Waals surface area contributed by atoms with Crippen LogP contribution in [0.15, 0.2) is 55.0 Å². The molecule has 4 aromatic rings. The Labute approximate surface area is 214 Å². The highest BCUT2D eigenvalue weighted by atomic mass is 19.4. The number of nitrogens with one attached hydrogen (secondary N) is 2. The smallest absolute Gasteiger partial charge is 0.371 e. The van der Waals surface area contributed by atoms with Crippen LogP contribution in [0.5, 0.6) is 0 Å². The van der Waals surface area contributed by atoms with Crippen molar-refractivity contribution in [2.45, 2.75) is 37.8 Å². The topological polar surface area (TPSA) is 110 Å². The highest BCUT2D eigenvalue weighted by Gasteiger charge is 2.36. The molecule has 196 valence electrons. The van der Waals surface area contributed by atoms with E-state index in [4.69, 9.17) is 9.72 Å².